The highest BCUT2D eigenvalue weighted by atomic mass is 19.4. The number of allylic oxidation sites excluding steroid dienone is 1. The lowest BCUT2D eigenvalue weighted by Crippen LogP contribution is -2.74. The number of esters is 1. The number of hydrogen-bond donors (Lipinski definition) is 0. The second kappa shape index (κ2) is 16.9. The number of hydrogen-bond acceptors (Lipinski definition) is 2. The van der Waals surface area contributed by atoms with Crippen LogP contribution in [0.15, 0.2) is 11.6 Å². The highest BCUT2D eigenvalue weighted by Gasteiger charge is 2.95. The van der Waals surface area contributed by atoms with E-state index in [1.54, 1.807) is 0 Å². The van der Waals surface area contributed by atoms with Gasteiger partial charge < -0.3 is 4.74 Å². The maximum Gasteiger partial charge on any atom is 0.460 e. The van der Waals surface area contributed by atoms with Crippen LogP contribution in [0, 0.1) is 46.3 Å². The first-order chi connectivity index (χ1) is 27.1. The van der Waals surface area contributed by atoms with Crippen LogP contribution < -0.4 is 0 Å². The van der Waals surface area contributed by atoms with Crippen molar-refractivity contribution < 1.29 is 84.2 Å². The molecular weight excluding hydrogens is 847 g/mol. The molecule has 0 radical (unpaired) electrons. The van der Waals surface area contributed by atoms with Crippen LogP contribution >= 0.6 is 0 Å². The van der Waals surface area contributed by atoms with Gasteiger partial charge in [0.05, 0.1) is 0 Å². The van der Waals surface area contributed by atoms with E-state index in [0.29, 0.717) is 48.3 Å². The highest BCUT2D eigenvalue weighted by molar-refractivity contribution is 5.69. The molecule has 4 rings (SSSR count). The Morgan fingerprint density at radius 1 is 0.667 bits per heavy atom. The molecular formula is C41H55F17O2. The summed E-state index contributed by atoms with van der Waals surface area (Å²) in [6.45, 7) is 11.6. The summed E-state index contributed by atoms with van der Waals surface area (Å²) in [5.41, 5.74) is 1.38. The van der Waals surface area contributed by atoms with E-state index in [0.717, 1.165) is 25.7 Å². The number of halogens is 17. The summed E-state index contributed by atoms with van der Waals surface area (Å²) < 4.78 is 236. The molecule has 4 aliphatic rings. The van der Waals surface area contributed by atoms with Crippen LogP contribution in [-0.2, 0) is 9.53 Å². The van der Waals surface area contributed by atoms with Crippen molar-refractivity contribution in [2.24, 2.45) is 46.3 Å². The molecule has 0 aromatic carbocycles. The van der Waals surface area contributed by atoms with Gasteiger partial charge in [0.2, 0.25) is 0 Å². The average Bonchev–Trinajstić information content (AvgIpc) is 3.47. The van der Waals surface area contributed by atoms with Crippen LogP contribution in [0.25, 0.3) is 0 Å². The number of carbonyl (C=O) groups is 1. The standard InChI is InChI=1S/C41H55F17O2/c1-23(2)10-9-11-24(3)28-15-16-29-27-14-13-25-22-26(17-20-32(25,4)30(27)18-21-33(28,29)5)60-31(59)12-7-6-8-19-34(42,43)35(44,45)36(46,47)37(48,49)38(50,51)39(52,53)40(54,55)41(56,57)58/h13,23-24,26-30H,6-12,14-22H2,1-5H3. The van der Waals surface area contributed by atoms with Gasteiger partial charge in [-0.3, -0.25) is 4.79 Å². The van der Waals surface area contributed by atoms with Gasteiger partial charge in [0.25, 0.3) is 0 Å². The van der Waals surface area contributed by atoms with Gasteiger partial charge in [0.15, 0.2) is 0 Å². The molecule has 0 aliphatic heterocycles. The molecule has 0 aromatic heterocycles. The first kappa shape index (κ1) is 50.7. The number of ether oxygens (including phenoxy) is 1. The van der Waals surface area contributed by atoms with Gasteiger partial charge in [0.1, 0.15) is 6.10 Å². The molecule has 0 N–H and O–H groups in total. The second-order valence-corrected chi connectivity index (χ2v) is 18.9. The van der Waals surface area contributed by atoms with Crippen molar-refractivity contribution in [1.29, 1.82) is 0 Å². The second-order valence-electron chi connectivity index (χ2n) is 18.9. The average molecular weight is 903 g/mol. The van der Waals surface area contributed by atoms with Gasteiger partial charge in [-0.1, -0.05) is 72.0 Å². The third-order valence-electron chi connectivity index (χ3n) is 14.7. The monoisotopic (exact) mass is 902 g/mol. The lowest BCUT2D eigenvalue weighted by atomic mass is 9.47. The summed E-state index contributed by atoms with van der Waals surface area (Å²) in [7, 11) is 0. The molecule has 4 aliphatic carbocycles. The zero-order chi connectivity index (χ0) is 45.9. The fraction of sp³-hybridized carbons (Fsp3) is 0.927. The van der Waals surface area contributed by atoms with E-state index in [-0.39, 0.29) is 10.8 Å². The van der Waals surface area contributed by atoms with Crippen molar-refractivity contribution >= 4 is 5.97 Å². The highest BCUT2D eigenvalue weighted by Crippen LogP contribution is 2.68. The molecule has 0 aromatic rings. The van der Waals surface area contributed by atoms with Crippen LogP contribution in [0.5, 0.6) is 0 Å². The predicted molar refractivity (Wildman–Crippen MR) is 187 cm³/mol. The van der Waals surface area contributed by atoms with E-state index in [9.17, 15) is 79.4 Å². The Bertz CT molecular complexity index is 1540. The van der Waals surface area contributed by atoms with Crippen LogP contribution in [0.4, 0.5) is 74.6 Å². The predicted octanol–water partition coefficient (Wildman–Crippen LogP) is 14.9. The van der Waals surface area contributed by atoms with Gasteiger partial charge in [-0.05, 0) is 104 Å². The zero-order valence-corrected chi connectivity index (χ0v) is 34.2. The molecule has 0 spiro atoms. The zero-order valence-electron chi connectivity index (χ0n) is 34.2. The molecule has 0 amide bonds. The largest absolute Gasteiger partial charge is 0.462 e. The lowest BCUT2D eigenvalue weighted by molar-refractivity contribution is -0.461. The van der Waals surface area contributed by atoms with Gasteiger partial charge >= 0.3 is 53.6 Å². The van der Waals surface area contributed by atoms with Crippen molar-refractivity contribution in [2.45, 2.75) is 191 Å². The Kier molecular flexibility index (Phi) is 14.2. The van der Waals surface area contributed by atoms with E-state index >= 15 is 0 Å². The molecule has 8 atom stereocenters. The first-order valence-corrected chi connectivity index (χ1v) is 20.7. The Balaban J connectivity index is 1.29. The van der Waals surface area contributed by atoms with Crippen molar-refractivity contribution in [3.63, 3.8) is 0 Å². The van der Waals surface area contributed by atoms with Crippen LogP contribution in [0.1, 0.15) is 137 Å². The maximum absolute atomic E-state index is 14.3. The van der Waals surface area contributed by atoms with Gasteiger partial charge in [-0.2, -0.15) is 74.6 Å². The Morgan fingerprint density at radius 2 is 1.23 bits per heavy atom. The van der Waals surface area contributed by atoms with Crippen molar-refractivity contribution in [3.8, 4) is 0 Å². The minimum absolute atomic E-state index is 0.0902. The summed E-state index contributed by atoms with van der Waals surface area (Å²) >= 11 is 0. The van der Waals surface area contributed by atoms with E-state index in [1.807, 2.05) is 0 Å². The summed E-state index contributed by atoms with van der Waals surface area (Å²) in [4.78, 5) is 12.6. The number of fused-ring (bicyclic) bond motifs is 5. The molecule has 19 heteroatoms. The molecule has 3 fully saturated rings. The fourth-order valence-electron chi connectivity index (χ4n) is 11.1. The molecule has 2 nitrogen and oxygen atoms in total. The van der Waals surface area contributed by atoms with E-state index in [4.69, 9.17) is 4.74 Å². The van der Waals surface area contributed by atoms with Crippen molar-refractivity contribution in [1.82, 2.24) is 0 Å². The van der Waals surface area contributed by atoms with E-state index < -0.39 is 91.8 Å². The molecule has 3 saturated carbocycles. The lowest BCUT2D eigenvalue weighted by Gasteiger charge is -2.58. The molecule has 0 saturated heterocycles. The van der Waals surface area contributed by atoms with Crippen molar-refractivity contribution in [3.05, 3.63) is 11.6 Å². The van der Waals surface area contributed by atoms with E-state index in [2.05, 4.69) is 40.7 Å². The van der Waals surface area contributed by atoms with Crippen molar-refractivity contribution in [2.75, 3.05) is 0 Å². The fourth-order valence-corrected chi connectivity index (χ4v) is 11.1. The summed E-state index contributed by atoms with van der Waals surface area (Å²) in [6, 6.07) is 0. The Hall–Kier alpha value is -1.98. The molecule has 60 heavy (non-hydrogen) atoms. The normalized spacial score (nSPS) is 30.4. The third kappa shape index (κ3) is 8.41. The van der Waals surface area contributed by atoms with E-state index in [1.165, 1.54) is 37.7 Å². The molecule has 8 unspecified atom stereocenters. The summed E-state index contributed by atoms with van der Waals surface area (Å²) in [6.07, 6.45) is -0.293. The topological polar surface area (TPSA) is 26.3 Å². The number of rotatable bonds is 18. The van der Waals surface area contributed by atoms with Gasteiger partial charge in [-0.15, -0.1) is 0 Å². The third-order valence-corrected chi connectivity index (χ3v) is 14.7. The quantitative estimate of drug-likeness (QED) is 0.0593. The first-order valence-electron chi connectivity index (χ1n) is 20.7. The Labute approximate surface area is 339 Å². The molecule has 0 bridgehead atoms. The summed E-state index contributed by atoms with van der Waals surface area (Å²) in [5, 5.41) is 0. The van der Waals surface area contributed by atoms with Crippen LogP contribution in [0.3, 0.4) is 0 Å². The molecule has 0 heterocycles. The van der Waals surface area contributed by atoms with Gasteiger partial charge in [-0.25, -0.2) is 0 Å². The smallest absolute Gasteiger partial charge is 0.460 e. The number of carbonyl (C=O) groups excluding carboxylic acids is 1. The Morgan fingerprint density at radius 3 is 1.80 bits per heavy atom. The SMILES string of the molecule is CC(C)CCCC(C)C1CCC2C3CC=C4CC(OC(=O)CCCCCC(F)(F)C(F)(F)C(F)(F)C(F)(F)C(F)(F)C(F)(F)C(F)(F)C(F)(F)F)CCC4(C)C3CCC12C. The van der Waals surface area contributed by atoms with Crippen LogP contribution in [-0.4, -0.2) is 59.7 Å². The molecule has 350 valence electrons. The minimum atomic E-state index is -8.64. The number of alkyl halides is 17. The van der Waals surface area contributed by atoms with Crippen LogP contribution in [0.2, 0.25) is 0 Å². The minimum Gasteiger partial charge on any atom is -0.462 e. The van der Waals surface area contributed by atoms with Gasteiger partial charge in [0, 0.05) is 19.3 Å². The maximum atomic E-state index is 14.3. The number of unbranched alkanes of at least 4 members (excludes halogenated alkanes) is 2. The summed E-state index contributed by atoms with van der Waals surface area (Å²) in [5.74, 6) is -53.5.